The van der Waals surface area contributed by atoms with E-state index in [0.717, 1.165) is 18.6 Å². The first-order valence-electron chi connectivity index (χ1n) is 6.36. The molecular formula is C15H24OS. The predicted molar refractivity (Wildman–Crippen MR) is 76.5 cm³/mol. The van der Waals surface area contributed by atoms with Crippen molar-refractivity contribution in [1.82, 2.24) is 0 Å². The van der Waals surface area contributed by atoms with Crippen molar-refractivity contribution in [1.29, 1.82) is 0 Å². The maximum Gasteiger partial charge on any atom is 0.0588 e. The van der Waals surface area contributed by atoms with Gasteiger partial charge in [-0.2, -0.15) is 0 Å². The Morgan fingerprint density at radius 2 is 1.76 bits per heavy atom. The lowest BCUT2D eigenvalue weighted by atomic mass is 9.86. The quantitative estimate of drug-likeness (QED) is 0.600. The van der Waals surface area contributed by atoms with Gasteiger partial charge < -0.3 is 5.11 Å². The molecule has 2 heteroatoms. The van der Waals surface area contributed by atoms with Crippen molar-refractivity contribution < 1.29 is 5.11 Å². The Kier molecular flexibility index (Phi) is 6.07. The van der Waals surface area contributed by atoms with Crippen molar-refractivity contribution >= 4 is 11.8 Å². The van der Waals surface area contributed by atoms with Gasteiger partial charge in [0.15, 0.2) is 0 Å². The van der Waals surface area contributed by atoms with E-state index in [9.17, 15) is 5.11 Å². The molecule has 1 aromatic carbocycles. The highest BCUT2D eigenvalue weighted by Gasteiger charge is 2.20. The maximum absolute atomic E-state index is 9.90. The van der Waals surface area contributed by atoms with Gasteiger partial charge in [0.2, 0.25) is 0 Å². The number of hydrogen-bond acceptors (Lipinski definition) is 2. The van der Waals surface area contributed by atoms with Crippen LogP contribution in [-0.2, 0) is 0 Å². The van der Waals surface area contributed by atoms with Crippen LogP contribution in [0, 0.1) is 5.41 Å². The molecule has 1 aromatic rings. The lowest BCUT2D eigenvalue weighted by Crippen LogP contribution is -2.25. The molecule has 0 saturated carbocycles. The average Bonchev–Trinajstić information content (AvgIpc) is 2.28. The van der Waals surface area contributed by atoms with Gasteiger partial charge in [0.1, 0.15) is 0 Å². The minimum absolute atomic E-state index is 0.0204. The number of unbranched alkanes of at least 4 members (excludes halogenated alkanes) is 1. The topological polar surface area (TPSA) is 20.2 Å². The minimum atomic E-state index is -0.177. The number of thioether (sulfide) groups is 1. The molecule has 0 heterocycles. The Morgan fingerprint density at radius 1 is 1.12 bits per heavy atom. The largest absolute Gasteiger partial charge is 0.393 e. The highest BCUT2D eigenvalue weighted by Crippen LogP contribution is 2.24. The Bertz CT molecular complexity index is 302. The zero-order valence-electron chi connectivity index (χ0n) is 11.1. The van der Waals surface area contributed by atoms with Crippen molar-refractivity contribution in [3.63, 3.8) is 0 Å². The normalized spacial score (nSPS) is 13.6. The first-order valence-corrected chi connectivity index (χ1v) is 7.34. The predicted octanol–water partition coefficient (Wildman–Crippen LogP) is 4.36. The summed E-state index contributed by atoms with van der Waals surface area (Å²) in [5.41, 5.74) is 0.0204. The van der Waals surface area contributed by atoms with Gasteiger partial charge in [0.05, 0.1) is 6.10 Å². The zero-order valence-corrected chi connectivity index (χ0v) is 12.0. The van der Waals surface area contributed by atoms with Crippen LogP contribution < -0.4 is 0 Å². The lowest BCUT2D eigenvalue weighted by Gasteiger charge is -2.25. The third-order valence-electron chi connectivity index (χ3n) is 2.88. The van der Waals surface area contributed by atoms with E-state index in [1.165, 1.54) is 11.3 Å². The standard InChI is InChI=1S/C15H24OS/c1-15(2,3)14(16)11-7-8-12-17-13-9-5-4-6-10-13/h4-6,9-10,14,16H,7-8,11-12H2,1-3H3. The third kappa shape index (κ3) is 6.13. The van der Waals surface area contributed by atoms with Crippen LogP contribution in [0.5, 0.6) is 0 Å². The number of benzene rings is 1. The fourth-order valence-corrected chi connectivity index (χ4v) is 2.51. The van der Waals surface area contributed by atoms with Crippen molar-refractivity contribution in [3.8, 4) is 0 Å². The Hall–Kier alpha value is -0.470. The Balaban J connectivity index is 2.09. The summed E-state index contributed by atoms with van der Waals surface area (Å²) in [7, 11) is 0. The van der Waals surface area contributed by atoms with E-state index in [2.05, 4.69) is 45.0 Å². The molecular weight excluding hydrogens is 228 g/mol. The molecule has 0 amide bonds. The fraction of sp³-hybridized carbons (Fsp3) is 0.600. The van der Waals surface area contributed by atoms with Crippen LogP contribution in [0.3, 0.4) is 0 Å². The molecule has 0 aliphatic heterocycles. The molecule has 0 aliphatic rings. The van der Waals surface area contributed by atoms with Crippen molar-refractivity contribution in [3.05, 3.63) is 30.3 Å². The fourth-order valence-electron chi connectivity index (χ4n) is 1.58. The second kappa shape index (κ2) is 7.07. The van der Waals surface area contributed by atoms with Gasteiger partial charge in [-0.15, -0.1) is 11.8 Å². The Morgan fingerprint density at radius 3 is 2.35 bits per heavy atom. The molecule has 0 spiro atoms. The van der Waals surface area contributed by atoms with Gasteiger partial charge >= 0.3 is 0 Å². The van der Waals surface area contributed by atoms with E-state index in [1.54, 1.807) is 0 Å². The monoisotopic (exact) mass is 252 g/mol. The molecule has 1 atom stereocenters. The van der Waals surface area contributed by atoms with Gasteiger partial charge in [0, 0.05) is 4.90 Å². The molecule has 0 aromatic heterocycles. The summed E-state index contributed by atoms with van der Waals surface area (Å²) >= 11 is 1.90. The first kappa shape index (κ1) is 14.6. The second-order valence-electron chi connectivity index (χ2n) is 5.54. The van der Waals surface area contributed by atoms with E-state index in [1.807, 2.05) is 17.8 Å². The smallest absolute Gasteiger partial charge is 0.0588 e. The van der Waals surface area contributed by atoms with Gasteiger partial charge in [-0.05, 0) is 36.1 Å². The lowest BCUT2D eigenvalue weighted by molar-refractivity contribution is 0.0539. The van der Waals surface area contributed by atoms with Crippen molar-refractivity contribution in [2.24, 2.45) is 5.41 Å². The van der Waals surface area contributed by atoms with Crippen LogP contribution in [0.25, 0.3) is 0 Å². The number of hydrogen-bond donors (Lipinski definition) is 1. The molecule has 1 nitrogen and oxygen atoms in total. The molecule has 0 radical (unpaired) electrons. The zero-order chi connectivity index (χ0) is 12.7. The van der Waals surface area contributed by atoms with Gasteiger partial charge in [-0.1, -0.05) is 45.4 Å². The van der Waals surface area contributed by atoms with Gasteiger partial charge in [-0.25, -0.2) is 0 Å². The summed E-state index contributed by atoms with van der Waals surface area (Å²) in [6, 6.07) is 10.5. The summed E-state index contributed by atoms with van der Waals surface area (Å²) in [5.74, 6) is 1.14. The number of aliphatic hydroxyl groups is 1. The highest BCUT2D eigenvalue weighted by molar-refractivity contribution is 7.99. The molecule has 96 valence electrons. The minimum Gasteiger partial charge on any atom is -0.393 e. The highest BCUT2D eigenvalue weighted by atomic mass is 32.2. The third-order valence-corrected chi connectivity index (χ3v) is 3.98. The van der Waals surface area contributed by atoms with Crippen LogP contribution in [-0.4, -0.2) is 17.0 Å². The van der Waals surface area contributed by atoms with E-state index < -0.39 is 0 Å². The van der Waals surface area contributed by atoms with Crippen LogP contribution in [0.2, 0.25) is 0 Å². The van der Waals surface area contributed by atoms with E-state index in [4.69, 9.17) is 0 Å². The molecule has 0 aliphatic carbocycles. The number of rotatable bonds is 6. The van der Waals surface area contributed by atoms with E-state index in [-0.39, 0.29) is 11.5 Å². The molecule has 17 heavy (non-hydrogen) atoms. The van der Waals surface area contributed by atoms with Crippen molar-refractivity contribution in [2.45, 2.75) is 51.0 Å². The molecule has 1 unspecified atom stereocenters. The summed E-state index contributed by atoms with van der Waals surface area (Å²) in [6.07, 6.45) is 3.02. The summed E-state index contributed by atoms with van der Waals surface area (Å²) in [6.45, 7) is 6.28. The van der Waals surface area contributed by atoms with Crippen LogP contribution in [0.1, 0.15) is 40.0 Å². The second-order valence-corrected chi connectivity index (χ2v) is 6.71. The van der Waals surface area contributed by atoms with E-state index >= 15 is 0 Å². The van der Waals surface area contributed by atoms with Gasteiger partial charge in [-0.3, -0.25) is 0 Å². The molecule has 1 N–H and O–H groups in total. The number of aliphatic hydroxyl groups excluding tert-OH is 1. The Labute approximate surface area is 110 Å². The van der Waals surface area contributed by atoms with Crippen molar-refractivity contribution in [2.75, 3.05) is 5.75 Å². The average molecular weight is 252 g/mol. The van der Waals surface area contributed by atoms with Crippen LogP contribution in [0.15, 0.2) is 35.2 Å². The van der Waals surface area contributed by atoms with Gasteiger partial charge in [0.25, 0.3) is 0 Å². The van der Waals surface area contributed by atoms with Crippen LogP contribution >= 0.6 is 11.8 Å². The molecule has 1 rings (SSSR count). The summed E-state index contributed by atoms with van der Waals surface area (Å²) in [5, 5.41) is 9.90. The van der Waals surface area contributed by atoms with E-state index in [0.29, 0.717) is 0 Å². The summed E-state index contributed by atoms with van der Waals surface area (Å²) < 4.78 is 0. The summed E-state index contributed by atoms with van der Waals surface area (Å²) in [4.78, 5) is 1.34. The maximum atomic E-state index is 9.90. The SMILES string of the molecule is CC(C)(C)C(O)CCCCSc1ccccc1. The first-order chi connectivity index (χ1) is 8.00. The molecule has 0 bridgehead atoms. The van der Waals surface area contributed by atoms with Crippen LogP contribution in [0.4, 0.5) is 0 Å². The molecule has 0 fully saturated rings. The molecule has 0 saturated heterocycles.